The Morgan fingerprint density at radius 2 is 1.83 bits per heavy atom. The number of nitrogens with one attached hydrogen (secondary N) is 2. The van der Waals surface area contributed by atoms with Crippen LogP contribution in [0.5, 0.6) is 0 Å². The molecule has 6 N–H and O–H groups in total. The molecule has 0 saturated heterocycles. The van der Waals surface area contributed by atoms with Crippen molar-refractivity contribution in [2.24, 2.45) is 16.6 Å². The van der Waals surface area contributed by atoms with E-state index in [9.17, 15) is 9.59 Å². The molecule has 0 aliphatic carbocycles. The fraction of sp³-hybridized carbons (Fsp3) is 0.182. The first-order valence-corrected chi connectivity index (χ1v) is 5.16. The second kappa shape index (κ2) is 5.78. The lowest BCUT2D eigenvalue weighted by molar-refractivity contribution is 0.0963. The van der Waals surface area contributed by atoms with E-state index in [2.05, 4.69) is 15.7 Å². The summed E-state index contributed by atoms with van der Waals surface area (Å²) in [7, 11) is 1.49. The number of hydrazine groups is 1. The Balaban J connectivity index is 3.31. The summed E-state index contributed by atoms with van der Waals surface area (Å²) in [6, 6.07) is 4.42. The van der Waals surface area contributed by atoms with E-state index in [1.165, 1.54) is 25.2 Å². The van der Waals surface area contributed by atoms with Crippen LogP contribution in [0, 0.1) is 0 Å². The van der Waals surface area contributed by atoms with Crippen LogP contribution in [-0.2, 0) is 0 Å². The van der Waals surface area contributed by atoms with Gasteiger partial charge in [-0.25, -0.2) is 10.8 Å². The average Bonchev–Trinajstić information content (AvgIpc) is 2.37. The number of nitrogens with zero attached hydrogens (tertiary/aromatic N) is 1. The third-order valence-corrected chi connectivity index (χ3v) is 2.20. The lowest BCUT2D eigenvalue weighted by atomic mass is 10.1. The first-order chi connectivity index (χ1) is 8.47. The molecule has 1 aromatic rings. The van der Waals surface area contributed by atoms with Crippen molar-refractivity contribution in [1.82, 2.24) is 10.7 Å². The third-order valence-electron chi connectivity index (χ3n) is 2.20. The number of benzene rings is 1. The van der Waals surface area contributed by atoms with E-state index in [0.29, 0.717) is 17.1 Å². The van der Waals surface area contributed by atoms with Gasteiger partial charge in [0.2, 0.25) is 5.91 Å². The number of primary amides is 1. The Kier molecular flexibility index (Phi) is 4.39. The Labute approximate surface area is 104 Å². The summed E-state index contributed by atoms with van der Waals surface area (Å²) in [6.07, 6.45) is 0. The molecule has 0 saturated carbocycles. The van der Waals surface area contributed by atoms with Crippen LogP contribution < -0.4 is 22.3 Å². The third kappa shape index (κ3) is 3.29. The molecule has 7 nitrogen and oxygen atoms in total. The van der Waals surface area contributed by atoms with E-state index >= 15 is 0 Å². The second-order valence-corrected chi connectivity index (χ2v) is 3.55. The molecule has 0 aliphatic rings. The fourth-order valence-electron chi connectivity index (χ4n) is 1.32. The molecular weight excluding hydrogens is 234 g/mol. The van der Waals surface area contributed by atoms with E-state index in [4.69, 9.17) is 11.6 Å². The summed E-state index contributed by atoms with van der Waals surface area (Å²) in [5.41, 5.74) is 8.48. The van der Waals surface area contributed by atoms with Crippen LogP contribution in [0.3, 0.4) is 0 Å². The standard InChI is InChI=1S/C11H15N5O2/c1-6(16-13)15-9-4-7(10(12)17)3-8(5-9)11(18)14-2/h3-5H,13H2,1-2H3,(H2,12,17)(H,14,18)(H,15,16). The highest BCUT2D eigenvalue weighted by molar-refractivity contribution is 6.00. The molecule has 2 amide bonds. The topological polar surface area (TPSA) is 123 Å². The van der Waals surface area contributed by atoms with Crippen molar-refractivity contribution in [3.8, 4) is 0 Å². The Hall–Kier alpha value is -2.41. The van der Waals surface area contributed by atoms with Gasteiger partial charge in [-0.2, -0.15) is 0 Å². The zero-order valence-electron chi connectivity index (χ0n) is 10.2. The van der Waals surface area contributed by atoms with Gasteiger partial charge >= 0.3 is 0 Å². The van der Waals surface area contributed by atoms with Gasteiger partial charge < -0.3 is 16.5 Å². The number of carbonyl (C=O) groups excluding carboxylic acids is 2. The highest BCUT2D eigenvalue weighted by atomic mass is 16.2. The quantitative estimate of drug-likeness (QED) is 0.253. The lowest BCUT2D eigenvalue weighted by Crippen LogP contribution is -2.27. The van der Waals surface area contributed by atoms with Crippen molar-refractivity contribution in [2.45, 2.75) is 6.92 Å². The van der Waals surface area contributed by atoms with Gasteiger partial charge in [-0.05, 0) is 25.1 Å². The number of rotatable bonds is 3. The molecule has 7 heteroatoms. The number of amidine groups is 1. The molecule has 0 atom stereocenters. The molecular formula is C11H15N5O2. The highest BCUT2D eigenvalue weighted by Crippen LogP contribution is 2.18. The summed E-state index contributed by atoms with van der Waals surface area (Å²) in [6.45, 7) is 1.65. The summed E-state index contributed by atoms with van der Waals surface area (Å²) in [5, 5.41) is 2.46. The van der Waals surface area contributed by atoms with Crippen LogP contribution in [0.15, 0.2) is 23.2 Å². The summed E-state index contributed by atoms with van der Waals surface area (Å²) < 4.78 is 0. The molecule has 0 aromatic heterocycles. The number of carbonyl (C=O) groups is 2. The molecule has 0 unspecified atom stereocenters. The van der Waals surface area contributed by atoms with E-state index in [1.54, 1.807) is 6.92 Å². The SMILES string of the molecule is CNC(=O)c1cc(N=C(C)NN)cc(C(N)=O)c1. The number of hydrogen-bond acceptors (Lipinski definition) is 4. The summed E-state index contributed by atoms with van der Waals surface area (Å²) >= 11 is 0. The van der Waals surface area contributed by atoms with Gasteiger partial charge in [-0.1, -0.05) is 0 Å². The minimum absolute atomic E-state index is 0.208. The predicted octanol–water partition coefficient (Wildman–Crippen LogP) is -0.342. The van der Waals surface area contributed by atoms with E-state index < -0.39 is 5.91 Å². The number of nitrogens with two attached hydrogens (primary N) is 2. The van der Waals surface area contributed by atoms with E-state index in [-0.39, 0.29) is 11.5 Å². The Morgan fingerprint density at radius 3 is 2.33 bits per heavy atom. The maximum atomic E-state index is 11.5. The van der Waals surface area contributed by atoms with E-state index in [0.717, 1.165) is 0 Å². The summed E-state index contributed by atoms with van der Waals surface area (Å²) in [5.74, 6) is 4.68. The minimum atomic E-state index is -0.629. The highest BCUT2D eigenvalue weighted by Gasteiger charge is 2.10. The number of hydrogen-bond donors (Lipinski definition) is 4. The zero-order valence-corrected chi connectivity index (χ0v) is 10.2. The summed E-state index contributed by atoms with van der Waals surface area (Å²) in [4.78, 5) is 26.8. The van der Waals surface area contributed by atoms with Gasteiger partial charge in [0.05, 0.1) is 5.69 Å². The molecule has 0 spiro atoms. The van der Waals surface area contributed by atoms with Gasteiger partial charge in [-0.15, -0.1) is 0 Å². The van der Waals surface area contributed by atoms with Crippen LogP contribution in [-0.4, -0.2) is 24.7 Å². The van der Waals surface area contributed by atoms with Gasteiger partial charge in [-0.3, -0.25) is 9.59 Å². The second-order valence-electron chi connectivity index (χ2n) is 3.55. The molecule has 0 aliphatic heterocycles. The average molecular weight is 249 g/mol. The monoisotopic (exact) mass is 249 g/mol. The molecule has 0 radical (unpaired) electrons. The Morgan fingerprint density at radius 1 is 1.22 bits per heavy atom. The molecule has 18 heavy (non-hydrogen) atoms. The van der Waals surface area contributed by atoms with Crippen LogP contribution in [0.1, 0.15) is 27.6 Å². The lowest BCUT2D eigenvalue weighted by Gasteiger charge is -2.05. The smallest absolute Gasteiger partial charge is 0.251 e. The maximum Gasteiger partial charge on any atom is 0.251 e. The first kappa shape index (κ1) is 13.7. The number of aliphatic imine (C=N–C) groups is 1. The van der Waals surface area contributed by atoms with Crippen molar-refractivity contribution >= 4 is 23.3 Å². The fourth-order valence-corrected chi connectivity index (χ4v) is 1.32. The van der Waals surface area contributed by atoms with Crippen molar-refractivity contribution in [3.63, 3.8) is 0 Å². The van der Waals surface area contributed by atoms with Crippen LogP contribution in [0.4, 0.5) is 5.69 Å². The maximum absolute atomic E-state index is 11.5. The van der Waals surface area contributed by atoms with Crippen LogP contribution in [0.2, 0.25) is 0 Å². The van der Waals surface area contributed by atoms with Gasteiger partial charge in [0.1, 0.15) is 5.84 Å². The van der Waals surface area contributed by atoms with Crippen molar-refractivity contribution in [1.29, 1.82) is 0 Å². The van der Waals surface area contributed by atoms with Crippen LogP contribution in [0.25, 0.3) is 0 Å². The van der Waals surface area contributed by atoms with E-state index in [1.807, 2.05) is 0 Å². The molecule has 1 aromatic carbocycles. The zero-order chi connectivity index (χ0) is 13.7. The molecule has 0 heterocycles. The molecule has 0 bridgehead atoms. The van der Waals surface area contributed by atoms with Gasteiger partial charge in [0.15, 0.2) is 0 Å². The molecule has 1 rings (SSSR count). The van der Waals surface area contributed by atoms with Crippen molar-refractivity contribution in [2.75, 3.05) is 7.05 Å². The Bertz CT molecular complexity index is 510. The molecule has 0 fully saturated rings. The van der Waals surface area contributed by atoms with Gasteiger partial charge in [0.25, 0.3) is 5.91 Å². The normalized spacial score (nSPS) is 10.9. The largest absolute Gasteiger partial charge is 0.366 e. The predicted molar refractivity (Wildman–Crippen MR) is 68.4 cm³/mol. The minimum Gasteiger partial charge on any atom is -0.366 e. The molecule has 96 valence electrons. The van der Waals surface area contributed by atoms with Crippen molar-refractivity contribution in [3.05, 3.63) is 29.3 Å². The first-order valence-electron chi connectivity index (χ1n) is 5.16. The van der Waals surface area contributed by atoms with Crippen LogP contribution >= 0.6 is 0 Å². The van der Waals surface area contributed by atoms with Crippen molar-refractivity contribution < 1.29 is 9.59 Å². The number of amides is 2. The van der Waals surface area contributed by atoms with Gasteiger partial charge in [0, 0.05) is 18.2 Å².